The van der Waals surface area contributed by atoms with E-state index < -0.39 is 0 Å². The van der Waals surface area contributed by atoms with Gasteiger partial charge in [0.1, 0.15) is 10.8 Å². The van der Waals surface area contributed by atoms with Crippen LogP contribution in [0, 0.1) is 12.8 Å². The molecule has 0 bridgehead atoms. The van der Waals surface area contributed by atoms with Crippen molar-refractivity contribution in [1.29, 1.82) is 0 Å². The molecule has 0 aliphatic carbocycles. The van der Waals surface area contributed by atoms with Crippen molar-refractivity contribution in [3.63, 3.8) is 0 Å². The molecule has 4 nitrogen and oxygen atoms in total. The average molecular weight is 279 g/mol. The molecule has 5 heteroatoms. The molecule has 2 N–H and O–H groups in total. The maximum atomic E-state index is 5.70. The Kier molecular flexibility index (Phi) is 4.71. The van der Waals surface area contributed by atoms with Crippen molar-refractivity contribution in [3.05, 3.63) is 23.4 Å². The number of nitrogens with zero attached hydrogens (tertiary/aromatic N) is 2. The molecule has 0 radical (unpaired) electrons. The van der Waals surface area contributed by atoms with Gasteiger partial charge in [-0.25, -0.2) is 4.98 Å². The smallest absolute Gasteiger partial charge is 0.129 e. The van der Waals surface area contributed by atoms with Crippen molar-refractivity contribution in [2.45, 2.75) is 19.8 Å². The summed E-state index contributed by atoms with van der Waals surface area (Å²) in [5.74, 6) is 1.50. The Morgan fingerprint density at radius 3 is 3.00 bits per heavy atom. The van der Waals surface area contributed by atoms with Crippen molar-refractivity contribution in [1.82, 2.24) is 4.98 Å². The molecule has 19 heavy (non-hydrogen) atoms. The molecule has 1 aromatic heterocycles. The summed E-state index contributed by atoms with van der Waals surface area (Å²) in [5, 5.41) is 0. The van der Waals surface area contributed by atoms with E-state index in [4.69, 9.17) is 22.7 Å². The van der Waals surface area contributed by atoms with E-state index in [2.05, 4.69) is 16.9 Å². The fourth-order valence-corrected chi connectivity index (χ4v) is 2.54. The first-order chi connectivity index (χ1) is 9.06. The van der Waals surface area contributed by atoms with Crippen LogP contribution < -0.4 is 10.6 Å². The number of thiocarbonyl (C=S) groups is 1. The summed E-state index contributed by atoms with van der Waals surface area (Å²) in [7, 11) is 2.06. The molecule has 1 aromatic rings. The second-order valence-electron chi connectivity index (χ2n) is 5.18. The van der Waals surface area contributed by atoms with Gasteiger partial charge in [-0.2, -0.15) is 0 Å². The molecule has 1 aliphatic heterocycles. The highest BCUT2D eigenvalue weighted by Crippen LogP contribution is 2.19. The Morgan fingerprint density at radius 2 is 2.37 bits per heavy atom. The van der Waals surface area contributed by atoms with Crippen LogP contribution in [-0.2, 0) is 4.74 Å². The number of aromatic nitrogens is 1. The second-order valence-corrected chi connectivity index (χ2v) is 5.62. The van der Waals surface area contributed by atoms with Gasteiger partial charge in [0.2, 0.25) is 0 Å². The molecule has 1 fully saturated rings. The van der Waals surface area contributed by atoms with E-state index in [-0.39, 0.29) is 0 Å². The van der Waals surface area contributed by atoms with Gasteiger partial charge in [-0.05, 0) is 37.8 Å². The molecule has 0 amide bonds. The normalized spacial score (nSPS) is 19.2. The minimum Gasteiger partial charge on any atom is -0.389 e. The Bertz CT molecular complexity index is 458. The Balaban J connectivity index is 2.09. The molecule has 2 heterocycles. The largest absolute Gasteiger partial charge is 0.389 e. The lowest BCUT2D eigenvalue weighted by molar-refractivity contribution is 0.0576. The van der Waals surface area contributed by atoms with Crippen molar-refractivity contribution < 1.29 is 4.74 Å². The first-order valence-electron chi connectivity index (χ1n) is 6.63. The molecule has 1 atom stereocenters. The van der Waals surface area contributed by atoms with Gasteiger partial charge in [-0.3, -0.25) is 0 Å². The topological polar surface area (TPSA) is 51.4 Å². The molecule has 1 aliphatic rings. The number of ether oxygens (including phenoxy) is 1. The fourth-order valence-electron chi connectivity index (χ4n) is 2.42. The van der Waals surface area contributed by atoms with Crippen LogP contribution in [0.5, 0.6) is 0 Å². The number of anilines is 1. The highest BCUT2D eigenvalue weighted by molar-refractivity contribution is 7.80. The highest BCUT2D eigenvalue weighted by atomic mass is 32.1. The van der Waals surface area contributed by atoms with Crippen LogP contribution >= 0.6 is 12.2 Å². The molecule has 1 saturated heterocycles. The number of pyridine rings is 1. The SMILES string of the molecule is Cc1cc(C(N)=S)cc(N(C)CC2CCCOC2)n1. The third-order valence-corrected chi connectivity index (χ3v) is 3.64. The van der Waals surface area contributed by atoms with Crippen LogP contribution in [0.4, 0.5) is 5.82 Å². The summed E-state index contributed by atoms with van der Waals surface area (Å²) in [6.07, 6.45) is 2.37. The molecular weight excluding hydrogens is 258 g/mol. The van der Waals surface area contributed by atoms with E-state index in [9.17, 15) is 0 Å². The third kappa shape index (κ3) is 3.88. The van der Waals surface area contributed by atoms with E-state index >= 15 is 0 Å². The van der Waals surface area contributed by atoms with Gasteiger partial charge in [0, 0.05) is 31.5 Å². The molecule has 2 rings (SSSR count). The third-order valence-electron chi connectivity index (χ3n) is 3.40. The minimum absolute atomic E-state index is 0.418. The summed E-state index contributed by atoms with van der Waals surface area (Å²) >= 11 is 5.04. The number of rotatable bonds is 4. The lowest BCUT2D eigenvalue weighted by Crippen LogP contribution is -2.31. The van der Waals surface area contributed by atoms with Gasteiger partial charge >= 0.3 is 0 Å². The monoisotopic (exact) mass is 279 g/mol. The molecule has 1 unspecified atom stereocenters. The first kappa shape index (κ1) is 14.2. The van der Waals surface area contributed by atoms with E-state index in [1.54, 1.807) is 0 Å². The summed E-state index contributed by atoms with van der Waals surface area (Å²) in [6.45, 7) is 4.66. The average Bonchev–Trinajstić information content (AvgIpc) is 2.39. The lowest BCUT2D eigenvalue weighted by Gasteiger charge is -2.28. The van der Waals surface area contributed by atoms with Gasteiger partial charge < -0.3 is 15.4 Å². The first-order valence-corrected chi connectivity index (χ1v) is 7.04. The van der Waals surface area contributed by atoms with Crippen LogP contribution in [-0.4, -0.2) is 36.8 Å². The summed E-state index contributed by atoms with van der Waals surface area (Å²) in [5.41, 5.74) is 7.52. The zero-order valence-electron chi connectivity index (χ0n) is 11.6. The maximum absolute atomic E-state index is 5.70. The number of nitrogens with two attached hydrogens (primary N) is 1. The van der Waals surface area contributed by atoms with E-state index in [1.165, 1.54) is 6.42 Å². The van der Waals surface area contributed by atoms with Crippen molar-refractivity contribution in [2.75, 3.05) is 31.7 Å². The van der Waals surface area contributed by atoms with Crippen LogP contribution in [0.2, 0.25) is 0 Å². The van der Waals surface area contributed by atoms with Gasteiger partial charge in [0.05, 0.1) is 6.61 Å². The summed E-state index contributed by atoms with van der Waals surface area (Å²) < 4.78 is 5.52. The van der Waals surface area contributed by atoms with Gasteiger partial charge in [0.15, 0.2) is 0 Å². The van der Waals surface area contributed by atoms with E-state index in [0.29, 0.717) is 10.9 Å². The minimum atomic E-state index is 0.418. The van der Waals surface area contributed by atoms with Crippen molar-refractivity contribution >= 4 is 23.0 Å². The van der Waals surface area contributed by atoms with Crippen molar-refractivity contribution in [2.24, 2.45) is 11.7 Å². The standard InChI is InChI=1S/C14H21N3OS/c1-10-6-12(14(15)19)7-13(16-10)17(2)8-11-4-3-5-18-9-11/h6-7,11H,3-5,8-9H2,1-2H3,(H2,15,19). The zero-order valence-corrected chi connectivity index (χ0v) is 12.4. The Labute approximate surface area is 120 Å². The summed E-state index contributed by atoms with van der Waals surface area (Å²) in [6, 6.07) is 3.88. The van der Waals surface area contributed by atoms with Crippen LogP contribution in [0.3, 0.4) is 0 Å². The zero-order chi connectivity index (χ0) is 13.8. The van der Waals surface area contributed by atoms with E-state index in [1.807, 2.05) is 19.1 Å². The summed E-state index contributed by atoms with van der Waals surface area (Å²) in [4.78, 5) is 7.13. The van der Waals surface area contributed by atoms with Crippen LogP contribution in [0.1, 0.15) is 24.1 Å². The maximum Gasteiger partial charge on any atom is 0.129 e. The van der Waals surface area contributed by atoms with Crippen LogP contribution in [0.15, 0.2) is 12.1 Å². The second kappa shape index (κ2) is 6.30. The number of aryl methyl sites for hydroxylation is 1. The van der Waals surface area contributed by atoms with Gasteiger partial charge in [-0.15, -0.1) is 0 Å². The molecule has 0 aromatic carbocycles. The highest BCUT2D eigenvalue weighted by Gasteiger charge is 2.17. The Hall–Kier alpha value is -1.20. The molecule has 0 spiro atoms. The van der Waals surface area contributed by atoms with Gasteiger partial charge in [-0.1, -0.05) is 12.2 Å². The molecular formula is C14H21N3OS. The van der Waals surface area contributed by atoms with Crippen LogP contribution in [0.25, 0.3) is 0 Å². The fraction of sp³-hybridized carbons (Fsp3) is 0.571. The molecule has 0 saturated carbocycles. The Morgan fingerprint density at radius 1 is 1.58 bits per heavy atom. The van der Waals surface area contributed by atoms with E-state index in [0.717, 1.165) is 43.3 Å². The van der Waals surface area contributed by atoms with Crippen molar-refractivity contribution in [3.8, 4) is 0 Å². The molecule has 104 valence electrons. The van der Waals surface area contributed by atoms with Gasteiger partial charge in [0.25, 0.3) is 0 Å². The predicted octanol–water partition coefficient (Wildman–Crippen LogP) is 1.89. The quantitative estimate of drug-likeness (QED) is 0.853. The predicted molar refractivity (Wildman–Crippen MR) is 81.7 cm³/mol. The number of hydrogen-bond donors (Lipinski definition) is 1. The lowest BCUT2D eigenvalue weighted by atomic mass is 10.0. The number of hydrogen-bond acceptors (Lipinski definition) is 4.